The third kappa shape index (κ3) is 5.57. The van der Waals surface area contributed by atoms with Crippen LogP contribution in [-0.4, -0.2) is 30.8 Å². The first-order valence-corrected chi connectivity index (χ1v) is 9.98. The predicted molar refractivity (Wildman–Crippen MR) is 121 cm³/mol. The average molecular weight is 388 g/mol. The summed E-state index contributed by atoms with van der Waals surface area (Å²) in [4.78, 5) is 2.00. The molecule has 0 spiro atoms. The van der Waals surface area contributed by atoms with Crippen LogP contribution in [0, 0.1) is 0 Å². The highest BCUT2D eigenvalue weighted by molar-refractivity contribution is 5.98. The number of benzene rings is 3. The molecule has 29 heavy (non-hydrogen) atoms. The molecule has 0 fully saturated rings. The Balaban J connectivity index is 2.03. The smallest absolute Gasteiger partial charge is 0.116 e. The van der Waals surface area contributed by atoms with Gasteiger partial charge in [0.15, 0.2) is 0 Å². The minimum atomic E-state index is 0.275. The van der Waals surface area contributed by atoms with E-state index in [4.69, 9.17) is 4.74 Å². The molecule has 3 rings (SSSR count). The molecule has 0 bridgehead atoms. The maximum Gasteiger partial charge on any atom is 0.116 e. The molecule has 3 nitrogen and oxygen atoms in total. The van der Waals surface area contributed by atoms with Gasteiger partial charge in [0.05, 0.1) is 13.3 Å². The molecule has 0 aromatic heterocycles. The highest BCUT2D eigenvalue weighted by atomic mass is 16.5. The molecule has 0 atom stereocenters. The highest BCUT2D eigenvalue weighted by Crippen LogP contribution is 2.35. The second-order valence-electron chi connectivity index (χ2n) is 7.38. The van der Waals surface area contributed by atoms with Crippen molar-refractivity contribution in [1.29, 1.82) is 0 Å². The van der Waals surface area contributed by atoms with E-state index in [1.54, 1.807) is 6.07 Å². The van der Waals surface area contributed by atoms with Crippen molar-refractivity contribution in [2.45, 2.75) is 20.0 Å². The lowest BCUT2D eigenvalue weighted by Crippen LogP contribution is -2.15. The van der Waals surface area contributed by atoms with Crippen LogP contribution in [0.25, 0.3) is 11.1 Å². The van der Waals surface area contributed by atoms with Crippen LogP contribution in [-0.2, 0) is 11.3 Å². The Kier molecular flexibility index (Phi) is 7.23. The highest BCUT2D eigenvalue weighted by Gasteiger charge is 2.13. The van der Waals surface area contributed by atoms with Gasteiger partial charge in [0.2, 0.25) is 0 Å². The van der Waals surface area contributed by atoms with Gasteiger partial charge in [-0.15, -0.1) is 0 Å². The van der Waals surface area contributed by atoms with Gasteiger partial charge in [-0.05, 0) is 66.0 Å². The van der Waals surface area contributed by atoms with Crippen LogP contribution < -0.4 is 0 Å². The quantitative estimate of drug-likeness (QED) is 0.392. The largest absolute Gasteiger partial charge is 0.508 e. The number of rotatable bonds is 8. The van der Waals surface area contributed by atoms with Gasteiger partial charge in [-0.25, -0.2) is 0 Å². The van der Waals surface area contributed by atoms with Gasteiger partial charge in [0.1, 0.15) is 5.75 Å². The first-order chi connectivity index (χ1) is 14.1. The fourth-order valence-electron chi connectivity index (χ4n) is 3.45. The van der Waals surface area contributed by atoms with E-state index in [9.17, 15) is 5.11 Å². The molecule has 0 radical (unpaired) electrons. The standard InChI is InChI=1S/C26H29NO2/c1-4-25(21-9-6-5-7-10-21)26(23-11-8-12-24(28)17-23)22-15-13-20(14-16-22)18-29-19-27(2)3/h5-17,28H,4,18-19H2,1-3H3. The molecule has 1 N–H and O–H groups in total. The van der Waals surface area contributed by atoms with Gasteiger partial charge < -0.3 is 9.84 Å². The summed E-state index contributed by atoms with van der Waals surface area (Å²) in [5, 5.41) is 10.1. The zero-order valence-electron chi connectivity index (χ0n) is 17.4. The molecule has 3 heteroatoms. The van der Waals surface area contributed by atoms with E-state index < -0.39 is 0 Å². The minimum absolute atomic E-state index is 0.275. The Morgan fingerprint density at radius 3 is 2.14 bits per heavy atom. The fourth-order valence-corrected chi connectivity index (χ4v) is 3.45. The van der Waals surface area contributed by atoms with Crippen LogP contribution in [0.3, 0.4) is 0 Å². The molecule has 0 saturated heterocycles. The number of ether oxygens (including phenoxy) is 1. The monoisotopic (exact) mass is 387 g/mol. The maximum atomic E-state index is 10.1. The first kappa shape index (κ1) is 20.8. The topological polar surface area (TPSA) is 32.7 Å². The lowest BCUT2D eigenvalue weighted by molar-refractivity contribution is 0.0451. The molecule has 0 aliphatic rings. The van der Waals surface area contributed by atoms with Gasteiger partial charge in [-0.2, -0.15) is 0 Å². The van der Waals surface area contributed by atoms with E-state index in [1.165, 1.54) is 11.1 Å². The number of nitrogens with zero attached hydrogens (tertiary/aromatic N) is 1. The summed E-state index contributed by atoms with van der Waals surface area (Å²) in [6.45, 7) is 3.36. The number of hydrogen-bond donors (Lipinski definition) is 1. The van der Waals surface area contributed by atoms with Gasteiger partial charge in [0, 0.05) is 0 Å². The first-order valence-electron chi connectivity index (χ1n) is 9.98. The molecule has 0 amide bonds. The Hall–Kier alpha value is -2.88. The number of hydrogen-bond acceptors (Lipinski definition) is 3. The van der Waals surface area contributed by atoms with Gasteiger partial charge >= 0.3 is 0 Å². The molecule has 3 aromatic rings. The van der Waals surface area contributed by atoms with E-state index in [-0.39, 0.29) is 5.75 Å². The number of allylic oxidation sites excluding steroid dienone is 1. The summed E-state index contributed by atoms with van der Waals surface area (Å²) in [5.74, 6) is 0.275. The van der Waals surface area contributed by atoms with Crippen molar-refractivity contribution < 1.29 is 9.84 Å². The summed E-state index contributed by atoms with van der Waals surface area (Å²) < 4.78 is 5.70. The molecule has 0 unspecified atom stereocenters. The molecule has 0 aliphatic heterocycles. The molecule has 0 heterocycles. The molecular formula is C26H29NO2. The number of phenolic OH excluding ortho intramolecular Hbond substituents is 1. The molecule has 150 valence electrons. The zero-order valence-corrected chi connectivity index (χ0v) is 17.4. The Bertz CT molecular complexity index is 944. The molecule has 3 aromatic carbocycles. The zero-order chi connectivity index (χ0) is 20.6. The summed E-state index contributed by atoms with van der Waals surface area (Å²) >= 11 is 0. The van der Waals surface area contributed by atoms with Crippen LogP contribution in [0.1, 0.15) is 35.6 Å². The second-order valence-corrected chi connectivity index (χ2v) is 7.38. The number of phenols is 1. The second kappa shape index (κ2) is 10.1. The number of aromatic hydroxyl groups is 1. The predicted octanol–water partition coefficient (Wildman–Crippen LogP) is 5.80. The van der Waals surface area contributed by atoms with E-state index in [1.807, 2.05) is 37.2 Å². The third-order valence-corrected chi connectivity index (χ3v) is 4.77. The SMILES string of the molecule is CCC(=C(c1ccc(COCN(C)C)cc1)c1cccc(O)c1)c1ccccc1. The van der Waals surface area contributed by atoms with Crippen LogP contribution in [0.2, 0.25) is 0 Å². The summed E-state index contributed by atoms with van der Waals surface area (Å²) in [7, 11) is 3.98. The van der Waals surface area contributed by atoms with E-state index in [0.29, 0.717) is 13.3 Å². The average Bonchev–Trinajstić information content (AvgIpc) is 2.73. The van der Waals surface area contributed by atoms with Crippen molar-refractivity contribution >= 4 is 11.1 Å². The van der Waals surface area contributed by atoms with Gasteiger partial charge in [0.25, 0.3) is 0 Å². The Morgan fingerprint density at radius 2 is 1.52 bits per heavy atom. The van der Waals surface area contributed by atoms with Crippen molar-refractivity contribution in [3.8, 4) is 5.75 Å². The van der Waals surface area contributed by atoms with E-state index in [2.05, 4.69) is 61.5 Å². The molecule has 0 aliphatic carbocycles. The van der Waals surface area contributed by atoms with Gasteiger partial charge in [-0.1, -0.05) is 73.7 Å². The van der Waals surface area contributed by atoms with E-state index >= 15 is 0 Å². The van der Waals surface area contributed by atoms with Crippen LogP contribution in [0.5, 0.6) is 5.75 Å². The van der Waals surface area contributed by atoms with Crippen LogP contribution >= 0.6 is 0 Å². The van der Waals surface area contributed by atoms with Crippen molar-refractivity contribution in [1.82, 2.24) is 4.90 Å². The van der Waals surface area contributed by atoms with Crippen LogP contribution in [0.15, 0.2) is 78.9 Å². The fraction of sp³-hybridized carbons (Fsp3) is 0.231. The van der Waals surface area contributed by atoms with Crippen molar-refractivity contribution in [2.24, 2.45) is 0 Å². The Morgan fingerprint density at radius 1 is 0.828 bits per heavy atom. The van der Waals surface area contributed by atoms with Crippen molar-refractivity contribution in [2.75, 3.05) is 20.8 Å². The van der Waals surface area contributed by atoms with E-state index in [0.717, 1.165) is 28.7 Å². The summed E-state index contributed by atoms with van der Waals surface area (Å²) in [5.41, 5.74) is 6.90. The Labute approximate surface area is 173 Å². The van der Waals surface area contributed by atoms with Crippen molar-refractivity contribution in [3.05, 3.63) is 101 Å². The van der Waals surface area contributed by atoms with Gasteiger partial charge in [-0.3, -0.25) is 4.90 Å². The van der Waals surface area contributed by atoms with Crippen molar-refractivity contribution in [3.63, 3.8) is 0 Å². The maximum absolute atomic E-state index is 10.1. The lowest BCUT2D eigenvalue weighted by Gasteiger charge is -2.17. The lowest BCUT2D eigenvalue weighted by atomic mass is 9.88. The summed E-state index contributed by atoms with van der Waals surface area (Å²) in [6, 6.07) is 26.5. The minimum Gasteiger partial charge on any atom is -0.508 e. The molecule has 0 saturated carbocycles. The third-order valence-electron chi connectivity index (χ3n) is 4.77. The normalized spacial score (nSPS) is 12.1. The summed E-state index contributed by atoms with van der Waals surface area (Å²) in [6.07, 6.45) is 0.892. The molecular weight excluding hydrogens is 358 g/mol. The van der Waals surface area contributed by atoms with Crippen LogP contribution in [0.4, 0.5) is 0 Å².